The summed E-state index contributed by atoms with van der Waals surface area (Å²) in [5.41, 5.74) is 3.54. The Hall–Kier alpha value is -2.99. The number of aryl methyl sites for hydroxylation is 2. The second-order valence-electron chi connectivity index (χ2n) is 6.81. The number of amides is 2. The summed E-state index contributed by atoms with van der Waals surface area (Å²) >= 11 is 0. The van der Waals surface area contributed by atoms with E-state index in [2.05, 4.69) is 5.32 Å². The minimum absolute atomic E-state index is 0.167. The Labute approximate surface area is 163 Å². The molecule has 146 valence electrons. The van der Waals surface area contributed by atoms with Gasteiger partial charge < -0.3 is 10.1 Å². The molecule has 6 heteroatoms. The first kappa shape index (κ1) is 19.8. The molecule has 28 heavy (non-hydrogen) atoms. The molecule has 1 heterocycles. The number of imide groups is 1. The molecule has 2 aromatic rings. The highest BCUT2D eigenvalue weighted by Gasteiger charge is 2.39. The summed E-state index contributed by atoms with van der Waals surface area (Å²) in [5.74, 6) is -1.19. The van der Waals surface area contributed by atoms with Gasteiger partial charge >= 0.3 is 0 Å². The van der Waals surface area contributed by atoms with E-state index in [1.54, 1.807) is 19.2 Å². The van der Waals surface area contributed by atoms with Crippen LogP contribution in [0.15, 0.2) is 48.2 Å². The second kappa shape index (κ2) is 8.35. The molecule has 2 aromatic carbocycles. The smallest absolute Gasteiger partial charge is 0.278 e. The van der Waals surface area contributed by atoms with Crippen LogP contribution in [-0.2, 0) is 14.3 Å². The fraction of sp³-hybridized carbons (Fsp3) is 0.273. The molecule has 0 atom stereocenters. The molecule has 0 spiro atoms. The third-order valence-corrected chi connectivity index (χ3v) is 4.64. The van der Waals surface area contributed by atoms with Gasteiger partial charge in [-0.2, -0.15) is 0 Å². The number of nitrogens with one attached hydrogen (secondary N) is 1. The van der Waals surface area contributed by atoms with Crippen LogP contribution in [0, 0.1) is 19.7 Å². The van der Waals surface area contributed by atoms with Crippen molar-refractivity contribution in [1.29, 1.82) is 0 Å². The summed E-state index contributed by atoms with van der Waals surface area (Å²) in [6.45, 7) is 4.58. The Balaban J connectivity index is 2.04. The van der Waals surface area contributed by atoms with E-state index in [9.17, 15) is 14.0 Å². The first-order chi connectivity index (χ1) is 13.4. The molecule has 0 aliphatic carbocycles. The minimum Gasteiger partial charge on any atom is -0.385 e. The molecule has 2 amide bonds. The number of nitrogens with zero attached hydrogens (tertiary/aromatic N) is 1. The highest BCUT2D eigenvalue weighted by Crippen LogP contribution is 2.32. The molecule has 0 saturated heterocycles. The van der Waals surface area contributed by atoms with Crippen LogP contribution in [0.4, 0.5) is 10.1 Å². The monoisotopic (exact) mass is 382 g/mol. The lowest BCUT2D eigenvalue weighted by Crippen LogP contribution is -2.34. The van der Waals surface area contributed by atoms with Crippen molar-refractivity contribution < 1.29 is 18.7 Å². The first-order valence-corrected chi connectivity index (χ1v) is 9.12. The van der Waals surface area contributed by atoms with Crippen LogP contribution in [0.25, 0.3) is 5.57 Å². The Morgan fingerprint density at radius 1 is 1.07 bits per heavy atom. The van der Waals surface area contributed by atoms with Gasteiger partial charge in [0.05, 0.1) is 5.57 Å². The molecule has 1 aliphatic heterocycles. The lowest BCUT2D eigenvalue weighted by Gasteiger charge is -2.15. The molecule has 0 aromatic heterocycles. The van der Waals surface area contributed by atoms with Gasteiger partial charge in [0, 0.05) is 25.9 Å². The lowest BCUT2D eigenvalue weighted by molar-refractivity contribution is -0.137. The average molecular weight is 382 g/mol. The molecule has 5 nitrogen and oxygen atoms in total. The van der Waals surface area contributed by atoms with E-state index < -0.39 is 11.7 Å². The number of rotatable bonds is 7. The zero-order valence-corrected chi connectivity index (χ0v) is 16.2. The van der Waals surface area contributed by atoms with E-state index in [0.717, 1.165) is 11.1 Å². The van der Waals surface area contributed by atoms with Gasteiger partial charge in [-0.05, 0) is 49.6 Å². The van der Waals surface area contributed by atoms with E-state index in [1.165, 1.54) is 17.0 Å². The molecule has 0 saturated carbocycles. The van der Waals surface area contributed by atoms with Crippen LogP contribution >= 0.6 is 0 Å². The molecule has 1 aliphatic rings. The van der Waals surface area contributed by atoms with Crippen molar-refractivity contribution in [2.45, 2.75) is 20.3 Å². The van der Waals surface area contributed by atoms with Crippen molar-refractivity contribution in [2.24, 2.45) is 0 Å². The summed E-state index contributed by atoms with van der Waals surface area (Å²) in [6.07, 6.45) is 0.543. The molecular weight excluding hydrogens is 359 g/mol. The van der Waals surface area contributed by atoms with Gasteiger partial charge in [-0.15, -0.1) is 0 Å². The molecule has 1 N–H and O–H groups in total. The van der Waals surface area contributed by atoms with Crippen molar-refractivity contribution >= 4 is 23.1 Å². The maximum Gasteiger partial charge on any atom is 0.278 e. The highest BCUT2D eigenvalue weighted by molar-refractivity contribution is 6.36. The zero-order valence-electron chi connectivity index (χ0n) is 16.2. The standard InChI is InChI=1S/C22H23FN2O3/c1-14-8-9-18(15(2)12-14)19-20(24-17-7-4-6-16(23)13-17)22(27)25(21(19)26)10-5-11-28-3/h4,6-9,12-13,24H,5,10-11H2,1-3H3. The van der Waals surface area contributed by atoms with E-state index in [4.69, 9.17) is 4.74 Å². The summed E-state index contributed by atoms with van der Waals surface area (Å²) in [5, 5.41) is 2.97. The number of carbonyl (C=O) groups is 2. The Morgan fingerprint density at radius 3 is 2.54 bits per heavy atom. The fourth-order valence-electron chi connectivity index (χ4n) is 3.32. The maximum absolute atomic E-state index is 13.6. The van der Waals surface area contributed by atoms with Gasteiger partial charge in [-0.25, -0.2) is 4.39 Å². The van der Waals surface area contributed by atoms with Crippen molar-refractivity contribution in [3.8, 4) is 0 Å². The normalized spacial score (nSPS) is 14.2. The molecule has 0 fully saturated rings. The van der Waals surface area contributed by atoms with Gasteiger partial charge in [0.25, 0.3) is 11.8 Å². The Bertz CT molecular complexity index is 953. The van der Waals surface area contributed by atoms with E-state index in [1.807, 2.05) is 32.0 Å². The summed E-state index contributed by atoms with van der Waals surface area (Å²) in [4.78, 5) is 27.3. The SMILES string of the molecule is COCCCN1C(=O)C(Nc2cccc(F)c2)=C(c2ccc(C)cc2C)C1=O. The number of benzene rings is 2. The molecule has 0 bridgehead atoms. The summed E-state index contributed by atoms with van der Waals surface area (Å²) in [6, 6.07) is 11.5. The Morgan fingerprint density at radius 2 is 1.86 bits per heavy atom. The minimum atomic E-state index is -0.424. The number of carbonyl (C=O) groups excluding carboxylic acids is 2. The highest BCUT2D eigenvalue weighted by atomic mass is 19.1. The number of ether oxygens (including phenoxy) is 1. The number of halogens is 1. The maximum atomic E-state index is 13.6. The van der Waals surface area contributed by atoms with Gasteiger partial charge in [-0.1, -0.05) is 29.8 Å². The summed E-state index contributed by atoms with van der Waals surface area (Å²) < 4.78 is 18.6. The van der Waals surface area contributed by atoms with Gasteiger partial charge in [0.15, 0.2) is 0 Å². The molecule has 3 rings (SSSR count). The fourth-order valence-corrected chi connectivity index (χ4v) is 3.32. The summed E-state index contributed by atoms with van der Waals surface area (Å²) in [7, 11) is 1.57. The van der Waals surface area contributed by atoms with Crippen molar-refractivity contribution in [3.63, 3.8) is 0 Å². The average Bonchev–Trinajstić information content (AvgIpc) is 2.87. The van der Waals surface area contributed by atoms with Gasteiger partial charge in [-0.3, -0.25) is 14.5 Å². The van der Waals surface area contributed by atoms with Crippen LogP contribution < -0.4 is 5.32 Å². The largest absolute Gasteiger partial charge is 0.385 e. The van der Waals surface area contributed by atoms with Crippen LogP contribution in [0.1, 0.15) is 23.1 Å². The second-order valence-corrected chi connectivity index (χ2v) is 6.81. The van der Waals surface area contributed by atoms with Crippen LogP contribution in [-0.4, -0.2) is 37.0 Å². The quantitative estimate of drug-likeness (QED) is 0.586. The van der Waals surface area contributed by atoms with Crippen LogP contribution in [0.2, 0.25) is 0 Å². The van der Waals surface area contributed by atoms with Gasteiger partial charge in [0.1, 0.15) is 11.5 Å². The number of hydrogen-bond acceptors (Lipinski definition) is 4. The third kappa shape index (κ3) is 3.97. The molecule has 0 radical (unpaired) electrons. The molecular formula is C22H23FN2O3. The lowest BCUT2D eigenvalue weighted by atomic mass is 9.97. The number of anilines is 1. The zero-order chi connectivity index (χ0) is 20.3. The van der Waals surface area contributed by atoms with Crippen molar-refractivity contribution in [2.75, 3.05) is 25.6 Å². The number of methoxy groups -OCH3 is 1. The van der Waals surface area contributed by atoms with Crippen LogP contribution in [0.3, 0.4) is 0 Å². The van der Waals surface area contributed by atoms with E-state index in [-0.39, 0.29) is 18.1 Å². The van der Waals surface area contributed by atoms with Crippen molar-refractivity contribution in [3.05, 3.63) is 70.7 Å². The predicted molar refractivity (Wildman–Crippen MR) is 106 cm³/mol. The van der Waals surface area contributed by atoms with E-state index >= 15 is 0 Å². The first-order valence-electron chi connectivity index (χ1n) is 9.12. The van der Waals surface area contributed by atoms with Crippen molar-refractivity contribution in [1.82, 2.24) is 4.90 Å². The predicted octanol–water partition coefficient (Wildman–Crippen LogP) is 3.67. The van der Waals surface area contributed by atoms with Gasteiger partial charge in [0.2, 0.25) is 0 Å². The Kier molecular flexibility index (Phi) is 5.90. The van der Waals surface area contributed by atoms with E-state index in [0.29, 0.717) is 29.9 Å². The van der Waals surface area contributed by atoms with Crippen LogP contribution in [0.5, 0.6) is 0 Å². The molecule has 0 unspecified atom stereocenters. The number of hydrogen-bond donors (Lipinski definition) is 1. The topological polar surface area (TPSA) is 58.6 Å². The third-order valence-electron chi connectivity index (χ3n) is 4.64.